The van der Waals surface area contributed by atoms with Gasteiger partial charge < -0.3 is 0 Å². The van der Waals surface area contributed by atoms with Crippen LogP contribution in [0.2, 0.25) is 0 Å². The third kappa shape index (κ3) is 8.48. The second-order valence-electron chi connectivity index (χ2n) is 4.53. The third-order valence-electron chi connectivity index (χ3n) is 2.77. The molecular weight excluding hydrogens is 272 g/mol. The van der Waals surface area contributed by atoms with E-state index in [1.165, 1.54) is 0 Å². The number of hydrogen-bond donors (Lipinski definition) is 3. The molecule has 0 unspecified atom stereocenters. The quantitative estimate of drug-likeness (QED) is 0.277. The first kappa shape index (κ1) is 16.8. The first-order valence-corrected chi connectivity index (χ1v) is 6.87. The average Bonchev–Trinajstić information content (AvgIpc) is 2.51. The smallest absolute Gasteiger partial charge is 0.243 e. The van der Waals surface area contributed by atoms with Gasteiger partial charge in [-0.1, -0.05) is 18.9 Å². The summed E-state index contributed by atoms with van der Waals surface area (Å²) in [6.07, 6.45) is 8.71. The summed E-state index contributed by atoms with van der Waals surface area (Å²) in [7, 11) is 0. The molecule has 7 nitrogen and oxygen atoms in total. The van der Waals surface area contributed by atoms with Crippen molar-refractivity contribution in [1.82, 2.24) is 15.9 Å². The van der Waals surface area contributed by atoms with Crippen LogP contribution < -0.4 is 10.9 Å². The molecule has 0 radical (unpaired) electrons. The number of aromatic nitrogens is 1. The van der Waals surface area contributed by atoms with Crippen LogP contribution in [0.1, 0.15) is 44.1 Å². The molecule has 1 aromatic rings. The molecule has 0 atom stereocenters. The number of hydroxylamine groups is 1. The lowest BCUT2D eigenvalue weighted by Gasteiger charge is -2.01. The Hall–Kier alpha value is -2.28. The van der Waals surface area contributed by atoms with E-state index in [2.05, 4.69) is 15.5 Å². The van der Waals surface area contributed by atoms with Crippen LogP contribution in [0.15, 0.2) is 29.6 Å². The summed E-state index contributed by atoms with van der Waals surface area (Å²) in [5, 5.41) is 12.2. The second-order valence-corrected chi connectivity index (χ2v) is 4.53. The Bertz CT molecular complexity index is 463. The van der Waals surface area contributed by atoms with E-state index in [0.717, 1.165) is 24.8 Å². The number of hydrazone groups is 1. The van der Waals surface area contributed by atoms with Gasteiger partial charge in [-0.2, -0.15) is 5.10 Å². The van der Waals surface area contributed by atoms with E-state index in [0.29, 0.717) is 19.3 Å². The molecule has 0 spiro atoms. The third-order valence-corrected chi connectivity index (χ3v) is 2.77. The van der Waals surface area contributed by atoms with Crippen LogP contribution in [0.25, 0.3) is 0 Å². The Morgan fingerprint density at radius 2 is 1.90 bits per heavy atom. The maximum absolute atomic E-state index is 11.5. The minimum Gasteiger partial charge on any atom is -0.289 e. The maximum atomic E-state index is 11.5. The Kier molecular flexibility index (Phi) is 8.39. The molecule has 114 valence electrons. The normalized spacial score (nSPS) is 10.5. The average molecular weight is 292 g/mol. The monoisotopic (exact) mass is 292 g/mol. The maximum Gasteiger partial charge on any atom is 0.243 e. The van der Waals surface area contributed by atoms with E-state index < -0.39 is 0 Å². The predicted molar refractivity (Wildman–Crippen MR) is 77.6 cm³/mol. The highest BCUT2D eigenvalue weighted by atomic mass is 16.5. The van der Waals surface area contributed by atoms with Crippen LogP contribution in [0.4, 0.5) is 0 Å². The van der Waals surface area contributed by atoms with Crippen LogP contribution in [-0.4, -0.2) is 28.2 Å². The minimum atomic E-state index is -0.377. The summed E-state index contributed by atoms with van der Waals surface area (Å²) in [4.78, 5) is 26.2. The van der Waals surface area contributed by atoms with Gasteiger partial charge in [-0.3, -0.25) is 19.8 Å². The molecule has 0 aromatic carbocycles. The van der Waals surface area contributed by atoms with E-state index in [1.54, 1.807) is 30.2 Å². The summed E-state index contributed by atoms with van der Waals surface area (Å²) in [6, 6.07) is 3.63. The summed E-state index contributed by atoms with van der Waals surface area (Å²) in [5.74, 6) is -0.513. The van der Waals surface area contributed by atoms with Crippen LogP contribution in [-0.2, 0) is 9.59 Å². The van der Waals surface area contributed by atoms with Gasteiger partial charge >= 0.3 is 0 Å². The summed E-state index contributed by atoms with van der Waals surface area (Å²) in [5.41, 5.74) is 4.86. The van der Waals surface area contributed by atoms with Crippen LogP contribution in [0.3, 0.4) is 0 Å². The molecule has 1 rings (SSSR count). The van der Waals surface area contributed by atoms with Gasteiger partial charge in [-0.25, -0.2) is 10.9 Å². The number of amides is 2. The number of hydrogen-bond acceptors (Lipinski definition) is 5. The number of carbonyl (C=O) groups excluding carboxylic acids is 2. The van der Waals surface area contributed by atoms with Gasteiger partial charge in [0.2, 0.25) is 11.8 Å². The first-order valence-electron chi connectivity index (χ1n) is 6.87. The lowest BCUT2D eigenvalue weighted by molar-refractivity contribution is -0.129. The number of nitrogens with zero attached hydrogens (tertiary/aromatic N) is 2. The number of rotatable bonds is 9. The van der Waals surface area contributed by atoms with Crippen molar-refractivity contribution in [1.29, 1.82) is 0 Å². The van der Waals surface area contributed by atoms with Gasteiger partial charge in [0.25, 0.3) is 0 Å². The first-order chi connectivity index (χ1) is 10.2. The van der Waals surface area contributed by atoms with Crippen molar-refractivity contribution in [2.24, 2.45) is 5.10 Å². The van der Waals surface area contributed by atoms with E-state index in [9.17, 15) is 9.59 Å². The van der Waals surface area contributed by atoms with Crippen molar-refractivity contribution in [2.75, 3.05) is 0 Å². The van der Waals surface area contributed by atoms with E-state index in [1.807, 2.05) is 6.07 Å². The van der Waals surface area contributed by atoms with Crippen molar-refractivity contribution in [3.05, 3.63) is 30.1 Å². The van der Waals surface area contributed by atoms with Crippen molar-refractivity contribution in [2.45, 2.75) is 38.5 Å². The van der Waals surface area contributed by atoms with Crippen LogP contribution in [0.5, 0.6) is 0 Å². The zero-order valence-electron chi connectivity index (χ0n) is 11.8. The topological polar surface area (TPSA) is 104 Å². The van der Waals surface area contributed by atoms with Crippen molar-refractivity contribution < 1.29 is 14.8 Å². The van der Waals surface area contributed by atoms with Crippen molar-refractivity contribution >= 4 is 18.0 Å². The van der Waals surface area contributed by atoms with Gasteiger partial charge in [0.1, 0.15) is 0 Å². The molecule has 3 N–H and O–H groups in total. The lowest BCUT2D eigenvalue weighted by atomic mass is 10.1. The lowest BCUT2D eigenvalue weighted by Crippen LogP contribution is -2.18. The van der Waals surface area contributed by atoms with Gasteiger partial charge in [0, 0.05) is 30.8 Å². The van der Waals surface area contributed by atoms with Gasteiger partial charge in [-0.05, 0) is 18.9 Å². The van der Waals surface area contributed by atoms with Crippen molar-refractivity contribution in [3.63, 3.8) is 0 Å². The Labute approximate surface area is 123 Å². The highest BCUT2D eigenvalue weighted by molar-refractivity contribution is 5.81. The number of pyridine rings is 1. The van der Waals surface area contributed by atoms with Crippen molar-refractivity contribution in [3.8, 4) is 0 Å². The zero-order chi connectivity index (χ0) is 15.3. The predicted octanol–water partition coefficient (Wildman–Crippen LogP) is 1.38. The molecule has 0 aliphatic rings. The fraction of sp³-hybridized carbons (Fsp3) is 0.429. The molecule has 7 heteroatoms. The molecule has 0 saturated heterocycles. The molecule has 2 amide bonds. The Morgan fingerprint density at radius 3 is 2.52 bits per heavy atom. The van der Waals surface area contributed by atoms with E-state index in [4.69, 9.17) is 5.21 Å². The highest BCUT2D eigenvalue weighted by Crippen LogP contribution is 2.05. The molecule has 21 heavy (non-hydrogen) atoms. The molecule has 1 heterocycles. The van der Waals surface area contributed by atoms with Gasteiger partial charge in [-0.15, -0.1) is 0 Å². The van der Waals surface area contributed by atoms with Gasteiger partial charge in [0.05, 0.1) is 6.21 Å². The van der Waals surface area contributed by atoms with E-state index >= 15 is 0 Å². The SMILES string of the molecule is O=C(CCCCCCC(=O)N/N=C/c1cccnc1)NO. The van der Waals surface area contributed by atoms with E-state index in [-0.39, 0.29) is 11.8 Å². The highest BCUT2D eigenvalue weighted by Gasteiger charge is 2.01. The number of nitrogens with one attached hydrogen (secondary N) is 2. The molecule has 0 fully saturated rings. The molecule has 0 saturated carbocycles. The fourth-order valence-corrected chi connectivity index (χ4v) is 1.67. The standard InChI is InChI=1S/C14H20N4O3/c19-13(7-3-1-2-4-8-14(20)18-21)17-16-11-12-6-5-9-15-10-12/h5-6,9-11,21H,1-4,7-8H2,(H,17,19)(H,18,20)/b16-11+. The Balaban J connectivity index is 2.04. The second kappa shape index (κ2) is 10.5. The molecule has 0 bridgehead atoms. The molecule has 0 aliphatic carbocycles. The fourth-order valence-electron chi connectivity index (χ4n) is 1.67. The summed E-state index contributed by atoms with van der Waals surface area (Å²) < 4.78 is 0. The zero-order valence-corrected chi connectivity index (χ0v) is 11.8. The van der Waals surface area contributed by atoms with Crippen LogP contribution >= 0.6 is 0 Å². The number of carbonyl (C=O) groups is 2. The minimum absolute atomic E-state index is 0.136. The van der Waals surface area contributed by atoms with Gasteiger partial charge in [0.15, 0.2) is 0 Å². The molecular formula is C14H20N4O3. The number of unbranched alkanes of at least 4 members (excludes halogenated alkanes) is 3. The molecule has 0 aliphatic heterocycles. The Morgan fingerprint density at radius 1 is 1.19 bits per heavy atom. The molecule has 1 aromatic heterocycles. The van der Waals surface area contributed by atoms with Crippen LogP contribution in [0, 0.1) is 0 Å². The summed E-state index contributed by atoms with van der Waals surface area (Å²) >= 11 is 0. The largest absolute Gasteiger partial charge is 0.289 e. The summed E-state index contributed by atoms with van der Waals surface area (Å²) in [6.45, 7) is 0.